The van der Waals surface area contributed by atoms with Gasteiger partial charge in [0.2, 0.25) is 0 Å². The van der Waals surface area contributed by atoms with Crippen molar-refractivity contribution in [3.63, 3.8) is 0 Å². The van der Waals surface area contributed by atoms with Crippen molar-refractivity contribution in [1.29, 1.82) is 0 Å². The first-order valence-corrected chi connectivity index (χ1v) is 7.59. The number of thiazole rings is 1. The summed E-state index contributed by atoms with van der Waals surface area (Å²) in [6.45, 7) is 5.09. The minimum absolute atomic E-state index is 0.180. The smallest absolute Gasteiger partial charge is 0.0897 e. The van der Waals surface area contributed by atoms with Gasteiger partial charge in [0.1, 0.15) is 0 Å². The molecule has 0 aliphatic rings. The molecule has 1 atom stereocenters. The van der Waals surface area contributed by atoms with E-state index in [1.807, 2.05) is 25.5 Å². The van der Waals surface area contributed by atoms with Crippen molar-refractivity contribution < 1.29 is 0 Å². The van der Waals surface area contributed by atoms with Crippen molar-refractivity contribution in [1.82, 2.24) is 15.3 Å². The molecule has 0 radical (unpaired) electrons. The fourth-order valence-corrected chi connectivity index (χ4v) is 3.35. The number of hydrogen-bond acceptors (Lipinski definition) is 4. The molecule has 20 heavy (non-hydrogen) atoms. The SMILES string of the molecule is CCNC(c1cnc(C)s1)c1cccc2ccncc12. The van der Waals surface area contributed by atoms with Crippen LogP contribution in [0.25, 0.3) is 10.8 Å². The zero-order valence-electron chi connectivity index (χ0n) is 11.6. The van der Waals surface area contributed by atoms with E-state index < -0.39 is 0 Å². The summed E-state index contributed by atoms with van der Waals surface area (Å²) in [5.74, 6) is 0. The Bertz CT molecular complexity index is 715. The molecule has 3 aromatic rings. The van der Waals surface area contributed by atoms with Gasteiger partial charge >= 0.3 is 0 Å². The van der Waals surface area contributed by atoms with Crippen LogP contribution in [-0.4, -0.2) is 16.5 Å². The monoisotopic (exact) mass is 283 g/mol. The molecule has 0 aliphatic carbocycles. The number of nitrogens with one attached hydrogen (secondary N) is 1. The first kappa shape index (κ1) is 13.2. The summed E-state index contributed by atoms with van der Waals surface area (Å²) in [5, 5.41) is 7.09. The lowest BCUT2D eigenvalue weighted by Crippen LogP contribution is -2.21. The van der Waals surface area contributed by atoms with Gasteiger partial charge in [-0.1, -0.05) is 25.1 Å². The number of rotatable bonds is 4. The Morgan fingerprint density at radius 1 is 1.25 bits per heavy atom. The molecular formula is C16H17N3S. The van der Waals surface area contributed by atoms with Crippen LogP contribution in [0.3, 0.4) is 0 Å². The van der Waals surface area contributed by atoms with Crippen molar-refractivity contribution in [3.8, 4) is 0 Å². The van der Waals surface area contributed by atoms with Crippen LogP contribution in [0.4, 0.5) is 0 Å². The normalized spacial score (nSPS) is 12.7. The van der Waals surface area contributed by atoms with Crippen molar-refractivity contribution in [2.45, 2.75) is 19.9 Å². The number of aromatic nitrogens is 2. The molecule has 0 fully saturated rings. The van der Waals surface area contributed by atoms with E-state index in [0.717, 1.165) is 11.6 Å². The van der Waals surface area contributed by atoms with Crippen molar-refractivity contribution >= 4 is 22.1 Å². The highest BCUT2D eigenvalue weighted by Gasteiger charge is 2.17. The number of nitrogens with zero attached hydrogens (tertiary/aromatic N) is 2. The number of pyridine rings is 1. The van der Waals surface area contributed by atoms with Crippen molar-refractivity contribution in [3.05, 3.63) is 58.3 Å². The lowest BCUT2D eigenvalue weighted by Gasteiger charge is -2.18. The summed E-state index contributed by atoms with van der Waals surface area (Å²) in [6, 6.07) is 8.64. The lowest BCUT2D eigenvalue weighted by atomic mass is 9.99. The highest BCUT2D eigenvalue weighted by molar-refractivity contribution is 7.11. The quantitative estimate of drug-likeness (QED) is 0.793. The van der Waals surface area contributed by atoms with Gasteiger partial charge < -0.3 is 5.32 Å². The lowest BCUT2D eigenvalue weighted by molar-refractivity contribution is 0.642. The highest BCUT2D eigenvalue weighted by atomic mass is 32.1. The number of hydrogen-bond donors (Lipinski definition) is 1. The molecule has 0 amide bonds. The topological polar surface area (TPSA) is 37.8 Å². The zero-order valence-corrected chi connectivity index (χ0v) is 12.4. The van der Waals surface area contributed by atoms with Gasteiger partial charge in [0.25, 0.3) is 0 Å². The molecule has 1 aromatic carbocycles. The van der Waals surface area contributed by atoms with Crippen LogP contribution in [0, 0.1) is 6.92 Å². The van der Waals surface area contributed by atoms with Gasteiger partial charge in [0.05, 0.1) is 11.0 Å². The average Bonchev–Trinajstić information content (AvgIpc) is 2.91. The van der Waals surface area contributed by atoms with Crippen LogP contribution in [0.5, 0.6) is 0 Å². The van der Waals surface area contributed by atoms with E-state index in [9.17, 15) is 0 Å². The van der Waals surface area contributed by atoms with Crippen molar-refractivity contribution in [2.24, 2.45) is 0 Å². The molecule has 102 valence electrons. The highest BCUT2D eigenvalue weighted by Crippen LogP contribution is 2.31. The van der Waals surface area contributed by atoms with Gasteiger partial charge in [0, 0.05) is 28.9 Å². The Kier molecular flexibility index (Phi) is 3.76. The predicted octanol–water partition coefficient (Wildman–Crippen LogP) is 3.70. The second-order valence-electron chi connectivity index (χ2n) is 4.72. The van der Waals surface area contributed by atoms with Crippen LogP contribution < -0.4 is 5.32 Å². The maximum Gasteiger partial charge on any atom is 0.0897 e. The Morgan fingerprint density at radius 3 is 2.90 bits per heavy atom. The maximum absolute atomic E-state index is 4.39. The molecule has 0 saturated heterocycles. The summed E-state index contributed by atoms with van der Waals surface area (Å²) < 4.78 is 0. The second kappa shape index (κ2) is 5.69. The van der Waals surface area contributed by atoms with E-state index in [1.54, 1.807) is 11.3 Å². The van der Waals surface area contributed by atoms with Crippen LogP contribution in [0.2, 0.25) is 0 Å². The van der Waals surface area contributed by atoms with E-state index in [0.29, 0.717) is 0 Å². The Balaban J connectivity index is 2.14. The van der Waals surface area contributed by atoms with Gasteiger partial charge in [-0.15, -0.1) is 11.3 Å². The zero-order chi connectivity index (χ0) is 13.9. The molecule has 0 spiro atoms. The molecule has 1 unspecified atom stereocenters. The summed E-state index contributed by atoms with van der Waals surface area (Å²) in [6.07, 6.45) is 5.76. The molecule has 0 bridgehead atoms. The van der Waals surface area contributed by atoms with Gasteiger partial charge in [-0.25, -0.2) is 4.98 Å². The fraction of sp³-hybridized carbons (Fsp3) is 0.250. The van der Waals surface area contributed by atoms with Gasteiger partial charge in [-0.2, -0.15) is 0 Å². The predicted molar refractivity (Wildman–Crippen MR) is 84.1 cm³/mol. The molecule has 0 aliphatic heterocycles. The van der Waals surface area contributed by atoms with E-state index in [1.165, 1.54) is 21.2 Å². The first-order chi connectivity index (χ1) is 9.79. The third-order valence-corrected chi connectivity index (χ3v) is 4.34. The van der Waals surface area contributed by atoms with Gasteiger partial charge in [0.15, 0.2) is 0 Å². The number of aryl methyl sites for hydroxylation is 1. The third-order valence-electron chi connectivity index (χ3n) is 3.36. The largest absolute Gasteiger partial charge is 0.306 e. The minimum Gasteiger partial charge on any atom is -0.306 e. The van der Waals surface area contributed by atoms with E-state index in [-0.39, 0.29) is 6.04 Å². The van der Waals surface area contributed by atoms with Crippen LogP contribution in [-0.2, 0) is 0 Å². The van der Waals surface area contributed by atoms with Crippen LogP contribution in [0.15, 0.2) is 42.9 Å². The Labute approximate surface area is 122 Å². The molecule has 2 aromatic heterocycles. The van der Waals surface area contributed by atoms with Crippen molar-refractivity contribution in [2.75, 3.05) is 6.54 Å². The summed E-state index contributed by atoms with van der Waals surface area (Å²) in [5.41, 5.74) is 1.26. The Hall–Kier alpha value is -1.78. The molecule has 3 rings (SSSR count). The molecule has 3 nitrogen and oxygen atoms in total. The third kappa shape index (κ3) is 2.44. The van der Waals surface area contributed by atoms with Gasteiger partial charge in [-0.05, 0) is 30.5 Å². The average molecular weight is 283 g/mol. The van der Waals surface area contributed by atoms with E-state index in [2.05, 4.69) is 46.5 Å². The standard InChI is InChI=1S/C16H17N3S/c1-3-18-16(15-10-19-11(2)20-15)13-6-4-5-12-7-8-17-9-14(12)13/h4-10,16,18H,3H2,1-2H3. The molecule has 4 heteroatoms. The second-order valence-corrected chi connectivity index (χ2v) is 5.98. The van der Waals surface area contributed by atoms with Gasteiger partial charge in [-0.3, -0.25) is 4.98 Å². The number of fused-ring (bicyclic) bond motifs is 1. The van der Waals surface area contributed by atoms with E-state index >= 15 is 0 Å². The van der Waals surface area contributed by atoms with Crippen LogP contribution >= 0.6 is 11.3 Å². The molecule has 2 heterocycles. The Morgan fingerprint density at radius 2 is 2.15 bits per heavy atom. The summed E-state index contributed by atoms with van der Waals surface area (Å²) >= 11 is 1.75. The molecule has 1 N–H and O–H groups in total. The summed E-state index contributed by atoms with van der Waals surface area (Å²) in [7, 11) is 0. The fourth-order valence-electron chi connectivity index (χ4n) is 2.47. The summed E-state index contributed by atoms with van der Waals surface area (Å²) in [4.78, 5) is 9.91. The molecular weight excluding hydrogens is 266 g/mol. The van der Waals surface area contributed by atoms with Crippen LogP contribution in [0.1, 0.15) is 28.4 Å². The minimum atomic E-state index is 0.180. The van der Waals surface area contributed by atoms with E-state index in [4.69, 9.17) is 0 Å². The molecule has 0 saturated carbocycles. The maximum atomic E-state index is 4.39. The first-order valence-electron chi connectivity index (χ1n) is 6.78. The number of benzene rings is 1.